The Labute approximate surface area is 100 Å². The molecule has 3 rings (SSSR count). The summed E-state index contributed by atoms with van der Waals surface area (Å²) in [5, 5.41) is 5.20. The number of rotatable bonds is 1. The Balaban J connectivity index is 0.000000853. The minimum atomic E-state index is 0. The monoisotopic (exact) mass is 376 g/mol. The molecule has 3 nitrogen and oxygen atoms in total. The first-order valence-electron chi connectivity index (χ1n) is 4.32. The topological polar surface area (TPSA) is 31.0 Å². The predicted molar refractivity (Wildman–Crippen MR) is 52.2 cm³/mol. The predicted octanol–water partition coefficient (Wildman–Crippen LogP) is 2.42. The van der Waals surface area contributed by atoms with E-state index in [1.807, 2.05) is 30.5 Å². The second-order valence-corrected chi connectivity index (χ2v) is 3.01. The van der Waals surface area contributed by atoms with E-state index in [0.717, 1.165) is 16.7 Å². The number of nitrogens with zero attached hydrogens (tertiary/aromatic N) is 2. The van der Waals surface area contributed by atoms with Crippen LogP contribution in [0.1, 0.15) is 0 Å². The molecule has 3 aromatic rings. The van der Waals surface area contributed by atoms with Crippen LogP contribution in [0.2, 0.25) is 0 Å². The fourth-order valence-electron chi connectivity index (χ4n) is 1.44. The summed E-state index contributed by atoms with van der Waals surface area (Å²) in [5.74, 6) is 0. The van der Waals surface area contributed by atoms with Gasteiger partial charge in [-0.25, -0.2) is 0 Å². The van der Waals surface area contributed by atoms with Crippen molar-refractivity contribution in [3.63, 3.8) is 0 Å². The van der Waals surface area contributed by atoms with E-state index in [-0.39, 0.29) is 20.1 Å². The van der Waals surface area contributed by atoms with Crippen molar-refractivity contribution in [2.45, 2.75) is 0 Å². The fourth-order valence-corrected chi connectivity index (χ4v) is 1.44. The maximum Gasteiger partial charge on any atom is 0.0720 e. The number of furan rings is 1. The van der Waals surface area contributed by atoms with Gasteiger partial charge in [0.25, 0.3) is 0 Å². The molecule has 0 saturated carbocycles. The van der Waals surface area contributed by atoms with E-state index in [9.17, 15) is 0 Å². The summed E-state index contributed by atoms with van der Waals surface area (Å²) in [5.41, 5.74) is 1.77. The first kappa shape index (κ1) is 10.1. The Morgan fingerprint density at radius 2 is 2.33 bits per heavy atom. The summed E-state index contributed by atoms with van der Waals surface area (Å²) >= 11 is 0. The molecule has 0 aliphatic rings. The van der Waals surface area contributed by atoms with Gasteiger partial charge in [-0.15, -0.1) is 12.1 Å². The van der Waals surface area contributed by atoms with Crippen LogP contribution in [-0.2, 0) is 20.1 Å². The van der Waals surface area contributed by atoms with Gasteiger partial charge in [-0.05, 0) is 17.8 Å². The summed E-state index contributed by atoms with van der Waals surface area (Å²) in [7, 11) is 0. The summed E-state index contributed by atoms with van der Waals surface area (Å²) in [6.45, 7) is 0. The average Bonchev–Trinajstić information content (AvgIpc) is 2.88. The van der Waals surface area contributed by atoms with Crippen LogP contribution in [0.25, 0.3) is 16.7 Å². The second-order valence-electron chi connectivity index (χ2n) is 3.01. The number of aromatic nitrogens is 2. The Morgan fingerprint density at radius 1 is 1.40 bits per heavy atom. The minimum absolute atomic E-state index is 0. The van der Waals surface area contributed by atoms with E-state index in [1.54, 1.807) is 17.1 Å². The van der Waals surface area contributed by atoms with E-state index in [2.05, 4.69) is 11.2 Å². The van der Waals surface area contributed by atoms with Crippen LogP contribution in [0, 0.1) is 6.07 Å². The van der Waals surface area contributed by atoms with Crippen molar-refractivity contribution >= 4 is 11.0 Å². The van der Waals surface area contributed by atoms with Gasteiger partial charge in [-0.2, -0.15) is 11.2 Å². The molecule has 0 unspecified atom stereocenters. The van der Waals surface area contributed by atoms with Gasteiger partial charge in [0.05, 0.1) is 6.26 Å². The van der Waals surface area contributed by atoms with E-state index >= 15 is 0 Å². The van der Waals surface area contributed by atoms with Crippen LogP contribution in [0.5, 0.6) is 0 Å². The van der Waals surface area contributed by atoms with Crippen molar-refractivity contribution in [2.75, 3.05) is 0 Å². The van der Waals surface area contributed by atoms with Gasteiger partial charge in [-0.3, -0.25) is 4.68 Å². The van der Waals surface area contributed by atoms with E-state index in [0.29, 0.717) is 0 Å². The maximum atomic E-state index is 5.23. The van der Waals surface area contributed by atoms with E-state index in [1.165, 1.54) is 0 Å². The Hall–Kier alpha value is -1.38. The summed E-state index contributed by atoms with van der Waals surface area (Å²) < 4.78 is 7.00. The van der Waals surface area contributed by atoms with Crippen molar-refractivity contribution in [1.82, 2.24) is 9.78 Å². The van der Waals surface area contributed by atoms with E-state index in [4.69, 9.17) is 4.42 Å². The zero-order chi connectivity index (χ0) is 9.38. The van der Waals surface area contributed by atoms with Crippen molar-refractivity contribution in [2.24, 2.45) is 0 Å². The third-order valence-corrected chi connectivity index (χ3v) is 2.12. The first-order valence-corrected chi connectivity index (χ1v) is 4.32. The Kier molecular flexibility index (Phi) is 2.71. The molecule has 0 N–H and O–H groups in total. The first-order chi connectivity index (χ1) is 6.93. The van der Waals surface area contributed by atoms with Gasteiger partial charge in [0, 0.05) is 38.1 Å². The van der Waals surface area contributed by atoms with Crippen molar-refractivity contribution in [1.29, 1.82) is 0 Å². The third-order valence-electron chi connectivity index (χ3n) is 2.12. The normalized spacial score (nSPS) is 10.1. The largest absolute Gasteiger partial charge is 0.523 e. The molecule has 0 aliphatic heterocycles. The molecular formula is C11H7IrN2O-. The SMILES string of the molecule is [Ir].[c-]1cc2occc2cc1-n1cccn1. The molecule has 0 aliphatic carbocycles. The van der Waals surface area contributed by atoms with Gasteiger partial charge in [0.1, 0.15) is 0 Å². The molecule has 15 heavy (non-hydrogen) atoms. The van der Waals surface area contributed by atoms with Crippen molar-refractivity contribution in [3.8, 4) is 5.69 Å². The quantitative estimate of drug-likeness (QED) is 0.612. The molecular weight excluding hydrogens is 368 g/mol. The van der Waals surface area contributed by atoms with Crippen molar-refractivity contribution < 1.29 is 24.5 Å². The van der Waals surface area contributed by atoms with Crippen LogP contribution in [0.3, 0.4) is 0 Å². The maximum absolute atomic E-state index is 5.23. The van der Waals surface area contributed by atoms with Crippen molar-refractivity contribution in [3.05, 3.63) is 49.0 Å². The molecule has 0 saturated heterocycles. The zero-order valence-electron chi connectivity index (χ0n) is 7.68. The Bertz CT molecular complexity index is 557. The molecule has 4 heteroatoms. The summed E-state index contributed by atoms with van der Waals surface area (Å²) in [6, 6.07) is 10.7. The van der Waals surface area contributed by atoms with Gasteiger partial charge in [-0.1, -0.05) is 5.39 Å². The van der Waals surface area contributed by atoms with Crippen LogP contribution in [0.4, 0.5) is 0 Å². The molecule has 0 bridgehead atoms. The molecule has 0 spiro atoms. The van der Waals surface area contributed by atoms with Crippen LogP contribution >= 0.6 is 0 Å². The number of benzene rings is 1. The minimum Gasteiger partial charge on any atom is -0.523 e. The van der Waals surface area contributed by atoms with Crippen LogP contribution in [0.15, 0.2) is 47.3 Å². The molecule has 2 aromatic heterocycles. The number of hydrogen-bond acceptors (Lipinski definition) is 2. The van der Waals surface area contributed by atoms with Gasteiger partial charge in [0.2, 0.25) is 0 Å². The molecule has 0 amide bonds. The second kappa shape index (κ2) is 4.01. The van der Waals surface area contributed by atoms with Crippen LogP contribution in [-0.4, -0.2) is 9.78 Å². The molecule has 2 heterocycles. The Morgan fingerprint density at radius 3 is 3.13 bits per heavy atom. The number of hydrogen-bond donors (Lipinski definition) is 0. The molecule has 77 valence electrons. The van der Waals surface area contributed by atoms with E-state index < -0.39 is 0 Å². The van der Waals surface area contributed by atoms with Crippen LogP contribution < -0.4 is 0 Å². The summed E-state index contributed by atoms with van der Waals surface area (Å²) in [6.07, 6.45) is 5.30. The smallest absolute Gasteiger partial charge is 0.0720 e. The molecule has 0 atom stereocenters. The van der Waals surface area contributed by atoms with Gasteiger partial charge in [0.15, 0.2) is 0 Å². The molecule has 0 fully saturated rings. The van der Waals surface area contributed by atoms with Gasteiger partial charge < -0.3 is 4.42 Å². The molecule has 1 radical (unpaired) electrons. The standard InChI is InChI=1S/C11H7N2O.Ir/c1-5-12-13(6-1)10-2-3-11-9(8-10)4-7-14-11;/h1,3-8H;/q-1;. The third kappa shape index (κ3) is 1.74. The van der Waals surface area contributed by atoms with Gasteiger partial charge >= 0.3 is 0 Å². The average molecular weight is 375 g/mol. The summed E-state index contributed by atoms with van der Waals surface area (Å²) in [4.78, 5) is 0. The number of fused-ring (bicyclic) bond motifs is 1. The zero-order valence-corrected chi connectivity index (χ0v) is 10.1. The molecule has 1 aromatic carbocycles. The fraction of sp³-hybridized carbons (Fsp3) is 0.